The van der Waals surface area contributed by atoms with Gasteiger partial charge < -0.3 is 9.73 Å². The molecule has 2 aromatic rings. The molecule has 0 saturated heterocycles. The molecule has 0 aliphatic heterocycles. The van der Waals surface area contributed by atoms with E-state index in [2.05, 4.69) is 5.32 Å². The molecule has 3 heteroatoms. The van der Waals surface area contributed by atoms with E-state index in [4.69, 9.17) is 4.42 Å². The molecule has 0 aliphatic rings. The van der Waals surface area contributed by atoms with Crippen LogP contribution >= 0.6 is 0 Å². The van der Waals surface area contributed by atoms with Gasteiger partial charge in [0.2, 0.25) is 0 Å². The van der Waals surface area contributed by atoms with Gasteiger partial charge in [-0.25, -0.2) is 0 Å². The molecule has 1 aromatic carbocycles. The molecule has 2 rings (SSSR count). The number of hydrogen-bond donors (Lipinski definition) is 1. The third kappa shape index (κ3) is 3.24. The van der Waals surface area contributed by atoms with Crippen molar-refractivity contribution in [2.75, 3.05) is 7.05 Å². The summed E-state index contributed by atoms with van der Waals surface area (Å²) in [5, 5.41) is 3.11. The number of allylic oxidation sites excluding steroid dienone is 1. The van der Waals surface area contributed by atoms with E-state index in [1.165, 1.54) is 0 Å². The lowest BCUT2D eigenvalue weighted by Crippen LogP contribution is -2.15. The molecule has 0 saturated carbocycles. The highest BCUT2D eigenvalue weighted by atomic mass is 16.3. The topological polar surface area (TPSA) is 42.2 Å². The predicted molar refractivity (Wildman–Crippen MR) is 85.6 cm³/mol. The van der Waals surface area contributed by atoms with Crippen LogP contribution in [0.25, 0.3) is 16.8 Å². The first kappa shape index (κ1) is 15.1. The number of benzene rings is 1. The lowest BCUT2D eigenvalue weighted by atomic mass is 9.96. The van der Waals surface area contributed by atoms with E-state index in [-0.39, 0.29) is 11.7 Å². The minimum absolute atomic E-state index is 0.0620. The number of carbonyl (C=O) groups is 1. The zero-order valence-corrected chi connectivity index (χ0v) is 12.9. The van der Waals surface area contributed by atoms with Crippen LogP contribution < -0.4 is 5.32 Å². The van der Waals surface area contributed by atoms with Gasteiger partial charge in [-0.2, -0.15) is 0 Å². The van der Waals surface area contributed by atoms with Crippen LogP contribution in [-0.2, 0) is 4.79 Å². The Morgan fingerprint density at radius 3 is 2.33 bits per heavy atom. The molecular formula is C18H21NO2. The van der Waals surface area contributed by atoms with E-state index < -0.39 is 0 Å². The molecule has 21 heavy (non-hydrogen) atoms. The largest absolute Gasteiger partial charge is 0.462 e. The maximum Gasteiger partial charge on any atom is 0.158 e. The maximum absolute atomic E-state index is 11.9. The Bertz CT molecular complexity index is 651. The van der Waals surface area contributed by atoms with Gasteiger partial charge in [0.05, 0.1) is 12.0 Å². The number of ketones is 1. The fourth-order valence-electron chi connectivity index (χ4n) is 2.51. The summed E-state index contributed by atoms with van der Waals surface area (Å²) in [4.78, 5) is 11.9. The summed E-state index contributed by atoms with van der Waals surface area (Å²) < 4.78 is 5.68. The molecule has 1 aromatic heterocycles. The van der Waals surface area contributed by atoms with Gasteiger partial charge in [0.1, 0.15) is 0 Å². The molecule has 0 fully saturated rings. The Morgan fingerprint density at radius 2 is 1.81 bits per heavy atom. The summed E-state index contributed by atoms with van der Waals surface area (Å²) >= 11 is 0. The Labute approximate surface area is 125 Å². The van der Waals surface area contributed by atoms with Gasteiger partial charge in [-0.3, -0.25) is 4.79 Å². The van der Waals surface area contributed by atoms with Crippen molar-refractivity contribution in [3.05, 3.63) is 54.0 Å². The summed E-state index contributed by atoms with van der Waals surface area (Å²) in [6.45, 7) is 5.61. The van der Waals surface area contributed by atoms with Crippen LogP contribution in [0.4, 0.5) is 0 Å². The van der Waals surface area contributed by atoms with Crippen molar-refractivity contribution in [3.8, 4) is 11.1 Å². The molecule has 1 heterocycles. The van der Waals surface area contributed by atoms with Crippen molar-refractivity contribution in [1.82, 2.24) is 5.32 Å². The van der Waals surface area contributed by atoms with Crippen molar-refractivity contribution in [2.24, 2.45) is 5.92 Å². The van der Waals surface area contributed by atoms with Crippen LogP contribution in [0.3, 0.4) is 0 Å². The summed E-state index contributed by atoms with van der Waals surface area (Å²) in [5.74, 6) is 0.887. The van der Waals surface area contributed by atoms with Gasteiger partial charge >= 0.3 is 0 Å². The Balaban J connectivity index is 2.48. The Morgan fingerprint density at radius 1 is 1.14 bits per heavy atom. The van der Waals surface area contributed by atoms with Crippen LogP contribution in [0.15, 0.2) is 52.7 Å². The number of Topliss-reactive ketones (excluding diaryl/α,β-unsaturated/α-hetero) is 1. The molecule has 0 amide bonds. The Hall–Kier alpha value is -2.29. The SMILES string of the molecule is CN/C(=C(\C(C)=O)C(C)C)c1cc(-c2ccccc2)co1. The first-order valence-corrected chi connectivity index (χ1v) is 7.11. The molecular weight excluding hydrogens is 262 g/mol. The number of furan rings is 1. The fraction of sp³-hybridized carbons (Fsp3) is 0.278. The molecule has 3 nitrogen and oxygen atoms in total. The van der Waals surface area contributed by atoms with E-state index in [1.807, 2.05) is 57.3 Å². The van der Waals surface area contributed by atoms with Crippen LogP contribution in [0.1, 0.15) is 26.5 Å². The average molecular weight is 283 g/mol. The van der Waals surface area contributed by atoms with Crippen LogP contribution in [0.5, 0.6) is 0 Å². The smallest absolute Gasteiger partial charge is 0.158 e. The average Bonchev–Trinajstić information content (AvgIpc) is 2.94. The van der Waals surface area contributed by atoms with Gasteiger partial charge in [-0.1, -0.05) is 44.2 Å². The van der Waals surface area contributed by atoms with Crippen molar-refractivity contribution in [1.29, 1.82) is 0 Å². The molecule has 0 bridgehead atoms. The maximum atomic E-state index is 11.9. The predicted octanol–water partition coefficient (Wildman–Crippen LogP) is 4.12. The van der Waals surface area contributed by atoms with Crippen molar-refractivity contribution >= 4 is 11.5 Å². The van der Waals surface area contributed by atoms with E-state index in [0.29, 0.717) is 5.76 Å². The van der Waals surface area contributed by atoms with E-state index in [0.717, 1.165) is 22.4 Å². The van der Waals surface area contributed by atoms with Crippen LogP contribution in [0.2, 0.25) is 0 Å². The second-order valence-corrected chi connectivity index (χ2v) is 5.32. The van der Waals surface area contributed by atoms with E-state index >= 15 is 0 Å². The second-order valence-electron chi connectivity index (χ2n) is 5.32. The van der Waals surface area contributed by atoms with E-state index in [9.17, 15) is 4.79 Å². The van der Waals surface area contributed by atoms with E-state index in [1.54, 1.807) is 13.2 Å². The zero-order valence-electron chi connectivity index (χ0n) is 12.9. The number of carbonyl (C=O) groups excluding carboxylic acids is 1. The lowest BCUT2D eigenvalue weighted by Gasteiger charge is -2.14. The van der Waals surface area contributed by atoms with Crippen molar-refractivity contribution in [2.45, 2.75) is 20.8 Å². The molecule has 1 N–H and O–H groups in total. The number of rotatable bonds is 5. The van der Waals surface area contributed by atoms with Crippen molar-refractivity contribution in [3.63, 3.8) is 0 Å². The standard InChI is InChI=1S/C18H21NO2/c1-12(2)17(13(3)20)18(19-4)16-10-15(11-21-16)14-8-6-5-7-9-14/h5-12,19H,1-4H3/b18-17-. The quantitative estimate of drug-likeness (QED) is 0.839. The number of hydrogen-bond acceptors (Lipinski definition) is 3. The normalized spacial score (nSPS) is 12.2. The first-order chi connectivity index (χ1) is 10.0. The van der Waals surface area contributed by atoms with Gasteiger partial charge in [0, 0.05) is 18.2 Å². The van der Waals surface area contributed by atoms with Crippen molar-refractivity contribution < 1.29 is 9.21 Å². The molecule has 0 unspecified atom stereocenters. The van der Waals surface area contributed by atoms with Gasteiger partial charge in [-0.05, 0) is 24.5 Å². The summed E-state index contributed by atoms with van der Waals surface area (Å²) in [6, 6.07) is 12.0. The summed E-state index contributed by atoms with van der Waals surface area (Å²) in [7, 11) is 1.81. The minimum atomic E-state index is 0.0620. The van der Waals surface area contributed by atoms with Gasteiger partial charge in [0.15, 0.2) is 11.5 Å². The Kier molecular flexibility index (Phi) is 4.63. The zero-order chi connectivity index (χ0) is 15.4. The lowest BCUT2D eigenvalue weighted by molar-refractivity contribution is -0.114. The monoisotopic (exact) mass is 283 g/mol. The molecule has 0 spiro atoms. The third-order valence-corrected chi connectivity index (χ3v) is 3.43. The van der Waals surface area contributed by atoms with Gasteiger partial charge in [0.25, 0.3) is 0 Å². The third-order valence-electron chi connectivity index (χ3n) is 3.43. The summed E-state index contributed by atoms with van der Waals surface area (Å²) in [5.41, 5.74) is 3.62. The highest BCUT2D eigenvalue weighted by Gasteiger charge is 2.18. The fourth-order valence-corrected chi connectivity index (χ4v) is 2.51. The summed E-state index contributed by atoms with van der Waals surface area (Å²) in [6.07, 6.45) is 1.72. The van der Waals surface area contributed by atoms with Crippen LogP contribution in [-0.4, -0.2) is 12.8 Å². The molecule has 110 valence electrons. The highest BCUT2D eigenvalue weighted by Crippen LogP contribution is 2.28. The highest BCUT2D eigenvalue weighted by molar-refractivity contribution is 6.00. The second kappa shape index (κ2) is 6.44. The molecule has 0 radical (unpaired) electrons. The molecule has 0 atom stereocenters. The van der Waals surface area contributed by atoms with Gasteiger partial charge in [-0.15, -0.1) is 0 Å². The van der Waals surface area contributed by atoms with Crippen LogP contribution in [0, 0.1) is 5.92 Å². The minimum Gasteiger partial charge on any atom is -0.462 e. The first-order valence-electron chi connectivity index (χ1n) is 7.11. The number of nitrogens with one attached hydrogen (secondary N) is 1. The molecule has 0 aliphatic carbocycles.